The maximum atomic E-state index is 13.0. The lowest BCUT2D eigenvalue weighted by Crippen LogP contribution is -2.58. The molecule has 0 aliphatic carbocycles. The number of hydrogen-bond acceptors (Lipinski definition) is 5. The monoisotopic (exact) mass is 396 g/mol. The molecule has 1 heterocycles. The third kappa shape index (κ3) is 4.83. The smallest absolute Gasteiger partial charge is 0.254 e. The molecule has 1 aliphatic heterocycles. The van der Waals surface area contributed by atoms with Crippen LogP contribution in [-0.4, -0.2) is 65.5 Å². The molecular weight excluding hydrogens is 368 g/mol. The lowest BCUT2D eigenvalue weighted by molar-refractivity contribution is 0.0268. The topological polar surface area (TPSA) is 70.1 Å². The number of methoxy groups -OCH3 is 1. The largest absolute Gasteiger partial charge is 0.497 e. The molecule has 2 atom stereocenters. The number of Topliss-reactive ketones (excluding diaryl/α,β-unsaturated/α-hetero) is 1. The average molecular weight is 396 g/mol. The van der Waals surface area contributed by atoms with E-state index in [9.17, 15) is 9.59 Å². The van der Waals surface area contributed by atoms with Gasteiger partial charge in [0.25, 0.3) is 5.91 Å². The number of nitrogens with zero attached hydrogens (tertiary/aromatic N) is 2. The van der Waals surface area contributed by atoms with Crippen molar-refractivity contribution in [3.63, 3.8) is 0 Å². The molecule has 29 heavy (non-hydrogen) atoms. The molecule has 0 spiro atoms. The number of aliphatic hydroxyl groups is 1. The zero-order valence-corrected chi connectivity index (χ0v) is 17.2. The van der Waals surface area contributed by atoms with Crippen LogP contribution in [0.15, 0.2) is 48.5 Å². The lowest BCUT2D eigenvalue weighted by Gasteiger charge is -2.44. The van der Waals surface area contributed by atoms with Crippen molar-refractivity contribution in [2.45, 2.75) is 32.5 Å². The summed E-state index contributed by atoms with van der Waals surface area (Å²) in [6.07, 6.45) is 0. The summed E-state index contributed by atoms with van der Waals surface area (Å²) in [5.41, 5.74) is 2.30. The Bertz CT molecular complexity index is 836. The van der Waals surface area contributed by atoms with Gasteiger partial charge >= 0.3 is 0 Å². The van der Waals surface area contributed by atoms with Gasteiger partial charge in [-0.05, 0) is 43.7 Å². The third-order valence-electron chi connectivity index (χ3n) is 5.39. The van der Waals surface area contributed by atoms with Crippen molar-refractivity contribution in [3.05, 3.63) is 65.2 Å². The van der Waals surface area contributed by atoms with Gasteiger partial charge in [0.15, 0.2) is 5.78 Å². The van der Waals surface area contributed by atoms with Gasteiger partial charge in [-0.3, -0.25) is 14.5 Å². The standard InChI is InChI=1S/C23H28N2O4/c1-16-12-24(14-18-4-6-19(7-5-18)22(27)15-26)13-17(2)25(16)23(28)20-8-10-21(29-3)11-9-20/h4-11,16-17,26H,12-15H2,1-3H3/t16-,17+. The first-order valence-electron chi connectivity index (χ1n) is 9.85. The fourth-order valence-corrected chi connectivity index (χ4v) is 3.99. The Morgan fingerprint density at radius 1 is 0.966 bits per heavy atom. The van der Waals surface area contributed by atoms with Crippen LogP contribution in [0, 0.1) is 0 Å². The Kier molecular flexibility index (Phi) is 6.67. The maximum Gasteiger partial charge on any atom is 0.254 e. The minimum atomic E-state index is -0.474. The summed E-state index contributed by atoms with van der Waals surface area (Å²) >= 11 is 0. The predicted octanol–water partition coefficient (Wildman–Crippen LogP) is 2.61. The van der Waals surface area contributed by atoms with Crippen LogP contribution in [0.2, 0.25) is 0 Å². The number of piperazine rings is 1. The van der Waals surface area contributed by atoms with Crippen molar-refractivity contribution in [1.82, 2.24) is 9.80 Å². The van der Waals surface area contributed by atoms with E-state index in [2.05, 4.69) is 18.7 Å². The van der Waals surface area contributed by atoms with Crippen LogP contribution >= 0.6 is 0 Å². The summed E-state index contributed by atoms with van der Waals surface area (Å²) in [7, 11) is 1.61. The second kappa shape index (κ2) is 9.20. The van der Waals surface area contributed by atoms with Crippen LogP contribution in [0.1, 0.15) is 40.1 Å². The number of amides is 1. The second-order valence-electron chi connectivity index (χ2n) is 7.61. The van der Waals surface area contributed by atoms with Crippen LogP contribution in [0.25, 0.3) is 0 Å². The number of ketones is 1. The number of hydrogen-bond donors (Lipinski definition) is 1. The van der Waals surface area contributed by atoms with Gasteiger partial charge in [0.05, 0.1) is 7.11 Å². The molecule has 0 saturated carbocycles. The van der Waals surface area contributed by atoms with Crippen LogP contribution in [0.4, 0.5) is 0 Å². The summed E-state index contributed by atoms with van der Waals surface area (Å²) in [4.78, 5) is 28.9. The summed E-state index contributed by atoms with van der Waals surface area (Å²) in [5, 5.41) is 8.96. The van der Waals surface area contributed by atoms with E-state index in [1.165, 1.54) is 0 Å². The van der Waals surface area contributed by atoms with Crippen molar-refractivity contribution >= 4 is 11.7 Å². The van der Waals surface area contributed by atoms with Gasteiger partial charge in [-0.1, -0.05) is 24.3 Å². The van der Waals surface area contributed by atoms with Crippen molar-refractivity contribution in [1.29, 1.82) is 0 Å². The lowest BCUT2D eigenvalue weighted by atomic mass is 10.0. The molecule has 0 unspecified atom stereocenters. The highest BCUT2D eigenvalue weighted by molar-refractivity contribution is 5.97. The van der Waals surface area contributed by atoms with Crippen LogP contribution in [0.3, 0.4) is 0 Å². The van der Waals surface area contributed by atoms with E-state index in [0.29, 0.717) is 11.1 Å². The number of aliphatic hydroxyl groups excluding tert-OH is 1. The van der Waals surface area contributed by atoms with Gasteiger partial charge < -0.3 is 14.7 Å². The van der Waals surface area contributed by atoms with E-state index in [1.54, 1.807) is 19.2 Å². The second-order valence-corrected chi connectivity index (χ2v) is 7.61. The molecule has 6 nitrogen and oxygen atoms in total. The van der Waals surface area contributed by atoms with Gasteiger partial charge in [0.2, 0.25) is 0 Å². The van der Waals surface area contributed by atoms with Gasteiger partial charge in [0.1, 0.15) is 12.4 Å². The van der Waals surface area contributed by atoms with Crippen LogP contribution < -0.4 is 4.74 Å². The summed E-state index contributed by atoms with van der Waals surface area (Å²) in [6.45, 7) is 6.00. The van der Waals surface area contributed by atoms with Crippen molar-refractivity contribution in [2.24, 2.45) is 0 Å². The zero-order valence-electron chi connectivity index (χ0n) is 17.2. The van der Waals surface area contributed by atoms with E-state index < -0.39 is 6.61 Å². The van der Waals surface area contributed by atoms with Gasteiger partial charge in [-0.2, -0.15) is 0 Å². The molecular formula is C23H28N2O4. The highest BCUT2D eigenvalue weighted by Gasteiger charge is 2.33. The van der Waals surface area contributed by atoms with E-state index in [1.807, 2.05) is 41.3 Å². The highest BCUT2D eigenvalue weighted by atomic mass is 16.5. The minimum Gasteiger partial charge on any atom is -0.497 e. The average Bonchev–Trinajstić information content (AvgIpc) is 2.73. The molecule has 1 amide bonds. The van der Waals surface area contributed by atoms with Gasteiger partial charge in [-0.25, -0.2) is 0 Å². The first kappa shape index (κ1) is 21.0. The van der Waals surface area contributed by atoms with Crippen molar-refractivity contribution < 1.29 is 19.4 Å². The van der Waals surface area contributed by atoms with E-state index in [0.717, 1.165) is 30.9 Å². The van der Waals surface area contributed by atoms with Crippen molar-refractivity contribution in [3.8, 4) is 5.75 Å². The molecule has 6 heteroatoms. The molecule has 0 aromatic heterocycles. The predicted molar refractivity (Wildman–Crippen MR) is 111 cm³/mol. The maximum absolute atomic E-state index is 13.0. The summed E-state index contributed by atoms with van der Waals surface area (Å²) in [6, 6.07) is 14.8. The normalized spacial score (nSPS) is 19.8. The Hall–Kier alpha value is -2.70. The molecule has 2 aromatic carbocycles. The first-order chi connectivity index (χ1) is 13.9. The molecule has 1 fully saturated rings. The van der Waals surface area contributed by atoms with Gasteiger partial charge in [-0.15, -0.1) is 0 Å². The van der Waals surface area contributed by atoms with E-state index in [-0.39, 0.29) is 23.8 Å². The molecule has 154 valence electrons. The molecule has 1 saturated heterocycles. The third-order valence-corrected chi connectivity index (χ3v) is 5.39. The number of carbonyl (C=O) groups excluding carboxylic acids is 2. The summed E-state index contributed by atoms with van der Waals surface area (Å²) < 4.78 is 5.17. The Labute approximate surface area is 171 Å². The SMILES string of the molecule is COc1ccc(C(=O)N2[C@H](C)CN(Cc3ccc(C(=O)CO)cc3)C[C@@H]2C)cc1. The molecule has 0 radical (unpaired) electrons. The van der Waals surface area contributed by atoms with Gasteiger partial charge in [0, 0.05) is 42.8 Å². The molecule has 2 aromatic rings. The van der Waals surface area contributed by atoms with Crippen molar-refractivity contribution in [2.75, 3.05) is 26.8 Å². The number of ether oxygens (including phenoxy) is 1. The molecule has 1 N–H and O–H groups in total. The Balaban J connectivity index is 1.64. The zero-order chi connectivity index (χ0) is 21.0. The first-order valence-corrected chi connectivity index (χ1v) is 9.85. The van der Waals surface area contributed by atoms with Crippen LogP contribution in [-0.2, 0) is 6.54 Å². The fraction of sp³-hybridized carbons (Fsp3) is 0.391. The number of rotatable bonds is 6. The number of benzene rings is 2. The quantitative estimate of drug-likeness (QED) is 0.760. The Morgan fingerprint density at radius 3 is 2.03 bits per heavy atom. The molecule has 0 bridgehead atoms. The summed E-state index contributed by atoms with van der Waals surface area (Å²) in [5.74, 6) is 0.503. The molecule has 3 rings (SSSR count). The van der Waals surface area contributed by atoms with Crippen LogP contribution in [0.5, 0.6) is 5.75 Å². The van der Waals surface area contributed by atoms with E-state index >= 15 is 0 Å². The fourth-order valence-electron chi connectivity index (χ4n) is 3.99. The van der Waals surface area contributed by atoms with E-state index in [4.69, 9.17) is 9.84 Å². The Morgan fingerprint density at radius 2 is 1.52 bits per heavy atom. The number of carbonyl (C=O) groups is 2. The minimum absolute atomic E-state index is 0.0409. The highest BCUT2D eigenvalue weighted by Crippen LogP contribution is 2.22. The molecule has 1 aliphatic rings.